The van der Waals surface area contributed by atoms with Crippen molar-refractivity contribution in [1.82, 2.24) is 4.90 Å². The first kappa shape index (κ1) is 19.6. The minimum absolute atomic E-state index is 0.00955. The Hall–Kier alpha value is -3.11. The Morgan fingerprint density at radius 3 is 2.62 bits per heavy atom. The molecule has 0 spiro atoms. The third-order valence-corrected chi connectivity index (χ3v) is 7.55. The highest BCUT2D eigenvalue weighted by Gasteiger charge is 2.66. The third-order valence-electron chi connectivity index (χ3n) is 7.55. The molecule has 162 valence electrons. The van der Waals surface area contributed by atoms with Crippen LogP contribution in [-0.2, 0) is 21.5 Å². The fourth-order valence-electron chi connectivity index (χ4n) is 6.51. The number of carbonyl (C=O) groups is 1. The molecule has 0 N–H and O–H groups in total. The molecular formula is C28H27NO3. The molecule has 3 aromatic carbocycles. The van der Waals surface area contributed by atoms with Crippen LogP contribution in [0.1, 0.15) is 35.2 Å². The van der Waals surface area contributed by atoms with Gasteiger partial charge in [-0.1, -0.05) is 72.8 Å². The van der Waals surface area contributed by atoms with E-state index < -0.39 is 5.54 Å². The maximum absolute atomic E-state index is 13.8. The van der Waals surface area contributed by atoms with Crippen LogP contribution in [0.2, 0.25) is 0 Å². The molecule has 32 heavy (non-hydrogen) atoms. The Kier molecular flexibility index (Phi) is 4.58. The van der Waals surface area contributed by atoms with Crippen LogP contribution in [0.15, 0.2) is 78.9 Å². The number of nitrogens with zero attached hydrogens (tertiary/aromatic N) is 1. The van der Waals surface area contributed by atoms with Gasteiger partial charge in [0.25, 0.3) is 0 Å². The number of para-hydroxylation sites is 1. The summed E-state index contributed by atoms with van der Waals surface area (Å²) in [6.07, 6.45) is 0.965. The second-order valence-corrected chi connectivity index (χ2v) is 8.92. The lowest BCUT2D eigenvalue weighted by molar-refractivity contribution is -0.152. The molecule has 0 amide bonds. The maximum atomic E-state index is 13.8. The zero-order valence-corrected chi connectivity index (χ0v) is 18.2. The van der Waals surface area contributed by atoms with Crippen LogP contribution in [0.3, 0.4) is 0 Å². The predicted octanol–water partition coefficient (Wildman–Crippen LogP) is 4.73. The van der Waals surface area contributed by atoms with E-state index in [1.807, 2.05) is 25.1 Å². The molecule has 0 radical (unpaired) electrons. The fraction of sp³-hybridized carbons (Fsp3) is 0.321. The number of benzene rings is 3. The molecule has 3 aromatic rings. The van der Waals surface area contributed by atoms with Crippen LogP contribution in [0, 0.1) is 11.8 Å². The molecule has 0 aliphatic carbocycles. The standard InChI is InChI=1S/C28H27NO3/c1-2-31-27(30)25-22-18-32-24-15-9-7-13-21(24)26(22)29-17-16-19-10-6-8-14-23(19)28(25,29)20-11-4-3-5-12-20/h3-15,22,25-26H,2,16-18H2,1H3/t22-,25+,26+,28-/m0/s1. The largest absolute Gasteiger partial charge is 0.493 e. The highest BCUT2D eigenvalue weighted by Crippen LogP contribution is 2.62. The topological polar surface area (TPSA) is 38.8 Å². The van der Waals surface area contributed by atoms with E-state index >= 15 is 0 Å². The van der Waals surface area contributed by atoms with E-state index in [-0.39, 0.29) is 23.8 Å². The van der Waals surface area contributed by atoms with Gasteiger partial charge >= 0.3 is 5.97 Å². The van der Waals surface area contributed by atoms with Gasteiger partial charge in [0.2, 0.25) is 0 Å². The second kappa shape index (κ2) is 7.49. The smallest absolute Gasteiger partial charge is 0.312 e. The quantitative estimate of drug-likeness (QED) is 0.569. The molecule has 0 unspecified atom stereocenters. The van der Waals surface area contributed by atoms with E-state index in [0.717, 1.165) is 24.3 Å². The highest BCUT2D eigenvalue weighted by atomic mass is 16.5. The minimum Gasteiger partial charge on any atom is -0.493 e. The average molecular weight is 426 g/mol. The van der Waals surface area contributed by atoms with Crippen molar-refractivity contribution in [3.05, 3.63) is 101 Å². The molecule has 4 nitrogen and oxygen atoms in total. The Balaban J connectivity index is 1.67. The molecule has 0 saturated carbocycles. The predicted molar refractivity (Wildman–Crippen MR) is 122 cm³/mol. The molecule has 3 heterocycles. The summed E-state index contributed by atoms with van der Waals surface area (Å²) in [7, 11) is 0. The van der Waals surface area contributed by atoms with E-state index in [1.165, 1.54) is 16.7 Å². The van der Waals surface area contributed by atoms with Crippen molar-refractivity contribution in [2.45, 2.75) is 24.9 Å². The summed E-state index contributed by atoms with van der Waals surface area (Å²) in [5, 5.41) is 0. The zero-order chi connectivity index (χ0) is 21.7. The summed E-state index contributed by atoms with van der Waals surface area (Å²) in [6.45, 7) is 3.66. The SMILES string of the molecule is CCOC(=O)[C@H]1[C@@H]2COc3ccccc3[C@H]2N2CCc3ccccc3[C@@]12c1ccccc1. The van der Waals surface area contributed by atoms with Crippen molar-refractivity contribution in [3.8, 4) is 5.75 Å². The lowest BCUT2D eigenvalue weighted by atomic mass is 9.67. The van der Waals surface area contributed by atoms with Crippen LogP contribution in [0.5, 0.6) is 5.75 Å². The number of carbonyl (C=O) groups excluding carboxylic acids is 1. The van der Waals surface area contributed by atoms with Gasteiger partial charge in [0.1, 0.15) is 5.75 Å². The fourth-order valence-corrected chi connectivity index (χ4v) is 6.51. The molecule has 6 rings (SSSR count). The normalized spacial score (nSPS) is 28.0. The lowest BCUT2D eigenvalue weighted by Gasteiger charge is -2.48. The van der Waals surface area contributed by atoms with Crippen molar-refractivity contribution in [2.75, 3.05) is 19.8 Å². The van der Waals surface area contributed by atoms with Gasteiger partial charge in [-0.05, 0) is 36.1 Å². The van der Waals surface area contributed by atoms with Crippen molar-refractivity contribution in [3.63, 3.8) is 0 Å². The van der Waals surface area contributed by atoms with Crippen molar-refractivity contribution in [2.24, 2.45) is 11.8 Å². The van der Waals surface area contributed by atoms with Gasteiger partial charge in [-0.2, -0.15) is 0 Å². The molecule has 1 saturated heterocycles. The van der Waals surface area contributed by atoms with Crippen LogP contribution >= 0.6 is 0 Å². The summed E-state index contributed by atoms with van der Waals surface area (Å²) in [5.41, 5.74) is 4.28. The Bertz CT molecular complexity index is 1160. The minimum atomic E-state index is -0.585. The summed E-state index contributed by atoms with van der Waals surface area (Å²) in [5.74, 6) is 0.451. The lowest BCUT2D eigenvalue weighted by Crippen LogP contribution is -2.53. The van der Waals surface area contributed by atoms with Crippen LogP contribution in [-0.4, -0.2) is 30.6 Å². The van der Waals surface area contributed by atoms with E-state index in [0.29, 0.717) is 13.2 Å². The van der Waals surface area contributed by atoms with Gasteiger partial charge in [-0.25, -0.2) is 0 Å². The second-order valence-electron chi connectivity index (χ2n) is 8.92. The van der Waals surface area contributed by atoms with Gasteiger partial charge in [-0.3, -0.25) is 9.69 Å². The number of ether oxygens (including phenoxy) is 2. The first-order chi connectivity index (χ1) is 15.8. The van der Waals surface area contributed by atoms with E-state index in [4.69, 9.17) is 9.47 Å². The van der Waals surface area contributed by atoms with Crippen molar-refractivity contribution >= 4 is 5.97 Å². The number of hydrogen-bond acceptors (Lipinski definition) is 4. The Morgan fingerprint density at radius 1 is 1.03 bits per heavy atom. The number of rotatable bonds is 3. The molecule has 4 atom stereocenters. The highest BCUT2D eigenvalue weighted by molar-refractivity contribution is 5.78. The van der Waals surface area contributed by atoms with Crippen LogP contribution < -0.4 is 4.74 Å². The Labute approximate surface area is 188 Å². The van der Waals surface area contributed by atoms with Gasteiger partial charge in [0, 0.05) is 24.1 Å². The first-order valence-electron chi connectivity index (χ1n) is 11.6. The maximum Gasteiger partial charge on any atom is 0.312 e. The summed E-state index contributed by atoms with van der Waals surface area (Å²) in [6, 6.07) is 27.6. The van der Waals surface area contributed by atoms with E-state index in [9.17, 15) is 4.79 Å². The van der Waals surface area contributed by atoms with Gasteiger partial charge in [0.05, 0.1) is 24.7 Å². The van der Waals surface area contributed by atoms with E-state index in [1.54, 1.807) is 0 Å². The summed E-state index contributed by atoms with van der Waals surface area (Å²) < 4.78 is 12.0. The molecule has 3 aliphatic heterocycles. The van der Waals surface area contributed by atoms with Crippen molar-refractivity contribution < 1.29 is 14.3 Å². The first-order valence-corrected chi connectivity index (χ1v) is 11.6. The molecule has 4 heteroatoms. The number of esters is 1. The summed E-state index contributed by atoms with van der Waals surface area (Å²) >= 11 is 0. The number of fused-ring (bicyclic) bond motifs is 7. The van der Waals surface area contributed by atoms with Gasteiger partial charge in [-0.15, -0.1) is 0 Å². The monoisotopic (exact) mass is 425 g/mol. The molecule has 0 aromatic heterocycles. The zero-order valence-electron chi connectivity index (χ0n) is 18.2. The molecule has 0 bridgehead atoms. The molecule has 1 fully saturated rings. The van der Waals surface area contributed by atoms with Crippen molar-refractivity contribution in [1.29, 1.82) is 0 Å². The van der Waals surface area contributed by atoms with Crippen LogP contribution in [0.4, 0.5) is 0 Å². The Morgan fingerprint density at radius 2 is 1.78 bits per heavy atom. The number of hydrogen-bond donors (Lipinski definition) is 0. The van der Waals surface area contributed by atoms with E-state index in [2.05, 4.69) is 65.6 Å². The molecule has 3 aliphatic rings. The molecular weight excluding hydrogens is 398 g/mol. The van der Waals surface area contributed by atoms with Gasteiger partial charge < -0.3 is 9.47 Å². The van der Waals surface area contributed by atoms with Crippen LogP contribution in [0.25, 0.3) is 0 Å². The third kappa shape index (κ3) is 2.56. The van der Waals surface area contributed by atoms with Gasteiger partial charge in [0.15, 0.2) is 0 Å². The average Bonchev–Trinajstić information content (AvgIpc) is 3.17. The summed E-state index contributed by atoms with van der Waals surface area (Å²) in [4.78, 5) is 16.3.